The van der Waals surface area contributed by atoms with Crippen LogP contribution < -0.4 is 5.73 Å². The molecule has 3 nitrogen and oxygen atoms in total. The highest BCUT2D eigenvalue weighted by molar-refractivity contribution is 5.47. The van der Waals surface area contributed by atoms with Crippen LogP contribution >= 0.6 is 0 Å². The van der Waals surface area contributed by atoms with E-state index in [-0.39, 0.29) is 0 Å². The number of benzene rings is 1. The fourth-order valence-electron chi connectivity index (χ4n) is 2.40. The molecule has 0 heterocycles. The Bertz CT molecular complexity index is 364. The molecule has 0 spiro atoms. The summed E-state index contributed by atoms with van der Waals surface area (Å²) >= 11 is 0. The number of aliphatic hydroxyl groups excluding tert-OH is 1. The van der Waals surface area contributed by atoms with Gasteiger partial charge in [0.25, 0.3) is 0 Å². The van der Waals surface area contributed by atoms with Gasteiger partial charge in [-0.25, -0.2) is 0 Å². The normalized spacial score (nSPS) is 13.2. The first-order chi connectivity index (χ1) is 9.12. The van der Waals surface area contributed by atoms with Crippen LogP contribution in [0.15, 0.2) is 24.3 Å². The highest BCUT2D eigenvalue weighted by Crippen LogP contribution is 2.21. The van der Waals surface area contributed by atoms with Crippen molar-refractivity contribution in [3.8, 4) is 0 Å². The number of hydrogen-bond acceptors (Lipinski definition) is 3. The van der Waals surface area contributed by atoms with Crippen LogP contribution in [0.25, 0.3) is 0 Å². The Labute approximate surface area is 117 Å². The van der Waals surface area contributed by atoms with Gasteiger partial charge < -0.3 is 15.7 Å². The van der Waals surface area contributed by atoms with Crippen molar-refractivity contribution in [3.63, 3.8) is 0 Å². The second kappa shape index (κ2) is 8.18. The van der Waals surface area contributed by atoms with Crippen LogP contribution in [0.2, 0.25) is 0 Å². The fraction of sp³-hybridized carbons (Fsp3) is 0.625. The van der Waals surface area contributed by atoms with E-state index in [9.17, 15) is 5.11 Å². The summed E-state index contributed by atoms with van der Waals surface area (Å²) in [4.78, 5) is 2.31. The largest absolute Gasteiger partial charge is 0.398 e. The van der Waals surface area contributed by atoms with E-state index in [1.165, 1.54) is 12.8 Å². The summed E-state index contributed by atoms with van der Waals surface area (Å²) in [7, 11) is 0. The molecule has 3 N–H and O–H groups in total. The Balaban J connectivity index is 2.63. The maximum absolute atomic E-state index is 10.3. The van der Waals surface area contributed by atoms with Gasteiger partial charge in [-0.15, -0.1) is 0 Å². The van der Waals surface area contributed by atoms with Gasteiger partial charge in [0.1, 0.15) is 0 Å². The van der Waals surface area contributed by atoms with Gasteiger partial charge in [-0.05, 0) is 18.5 Å². The summed E-state index contributed by atoms with van der Waals surface area (Å²) in [6, 6.07) is 7.57. The van der Waals surface area contributed by atoms with Crippen LogP contribution in [0.4, 0.5) is 5.69 Å². The second-order valence-corrected chi connectivity index (χ2v) is 5.18. The first-order valence-electron chi connectivity index (χ1n) is 7.37. The predicted octanol–water partition coefficient (Wildman–Crippen LogP) is 3.06. The summed E-state index contributed by atoms with van der Waals surface area (Å²) in [5.74, 6) is 0.709. The van der Waals surface area contributed by atoms with Crippen LogP contribution in [0, 0.1) is 5.92 Å². The molecule has 0 bridgehead atoms. The molecule has 0 amide bonds. The smallest absolute Gasteiger partial charge is 0.0936 e. The molecule has 0 radical (unpaired) electrons. The van der Waals surface area contributed by atoms with E-state index in [2.05, 4.69) is 25.7 Å². The topological polar surface area (TPSA) is 49.5 Å². The van der Waals surface area contributed by atoms with Crippen molar-refractivity contribution in [1.82, 2.24) is 4.90 Å². The molecule has 1 aromatic carbocycles. The molecule has 0 saturated heterocycles. The molecular weight excluding hydrogens is 236 g/mol. The lowest BCUT2D eigenvalue weighted by molar-refractivity contribution is 0.105. The summed E-state index contributed by atoms with van der Waals surface area (Å²) in [5.41, 5.74) is 7.43. The van der Waals surface area contributed by atoms with Crippen LogP contribution in [-0.2, 0) is 0 Å². The molecular formula is C16H28N2O. The zero-order valence-corrected chi connectivity index (χ0v) is 12.5. The molecule has 3 heteroatoms. The van der Waals surface area contributed by atoms with E-state index in [1.807, 2.05) is 24.3 Å². The maximum atomic E-state index is 10.3. The molecule has 0 fully saturated rings. The number of para-hydroxylation sites is 1. The van der Waals surface area contributed by atoms with Crippen molar-refractivity contribution in [2.24, 2.45) is 5.92 Å². The monoisotopic (exact) mass is 264 g/mol. The lowest BCUT2D eigenvalue weighted by Crippen LogP contribution is -2.33. The first kappa shape index (κ1) is 16.0. The Hall–Kier alpha value is -1.06. The van der Waals surface area contributed by atoms with E-state index >= 15 is 0 Å². The van der Waals surface area contributed by atoms with Crippen molar-refractivity contribution < 1.29 is 5.11 Å². The van der Waals surface area contributed by atoms with Crippen molar-refractivity contribution in [2.75, 3.05) is 25.4 Å². The third-order valence-electron chi connectivity index (χ3n) is 3.90. The van der Waals surface area contributed by atoms with E-state index in [0.717, 1.165) is 18.7 Å². The number of hydrogen-bond donors (Lipinski definition) is 2. The number of anilines is 1. The van der Waals surface area contributed by atoms with Crippen LogP contribution in [0.1, 0.15) is 45.3 Å². The van der Waals surface area contributed by atoms with Gasteiger partial charge in [0.05, 0.1) is 6.10 Å². The van der Waals surface area contributed by atoms with Gasteiger partial charge >= 0.3 is 0 Å². The highest BCUT2D eigenvalue weighted by atomic mass is 16.3. The Kier molecular flexibility index (Phi) is 6.89. The zero-order chi connectivity index (χ0) is 14.3. The van der Waals surface area contributed by atoms with Crippen molar-refractivity contribution in [3.05, 3.63) is 29.8 Å². The van der Waals surface area contributed by atoms with Gasteiger partial charge in [0, 0.05) is 24.3 Å². The maximum Gasteiger partial charge on any atom is 0.0936 e. The van der Waals surface area contributed by atoms with E-state index < -0.39 is 6.10 Å². The average molecular weight is 264 g/mol. The van der Waals surface area contributed by atoms with Gasteiger partial charge in [-0.1, -0.05) is 51.8 Å². The van der Waals surface area contributed by atoms with Gasteiger partial charge in [-0.2, -0.15) is 0 Å². The SMILES string of the molecule is CCC(CC)CN(CC)CC(O)c1ccccc1N. The number of nitrogens with two attached hydrogens (primary N) is 1. The van der Waals surface area contributed by atoms with Gasteiger partial charge in [0.15, 0.2) is 0 Å². The lowest BCUT2D eigenvalue weighted by Gasteiger charge is -2.27. The molecule has 0 saturated carbocycles. The Morgan fingerprint density at radius 3 is 2.26 bits per heavy atom. The molecule has 1 rings (SSSR count). The fourth-order valence-corrected chi connectivity index (χ4v) is 2.40. The first-order valence-corrected chi connectivity index (χ1v) is 7.37. The minimum atomic E-state index is -0.504. The van der Waals surface area contributed by atoms with Crippen LogP contribution in [0.3, 0.4) is 0 Å². The lowest BCUT2D eigenvalue weighted by atomic mass is 10.0. The number of nitrogen functional groups attached to an aromatic ring is 1. The van der Waals surface area contributed by atoms with Crippen molar-refractivity contribution >= 4 is 5.69 Å². The van der Waals surface area contributed by atoms with Gasteiger partial charge in [-0.3, -0.25) is 0 Å². The van der Waals surface area contributed by atoms with Crippen molar-refractivity contribution in [1.29, 1.82) is 0 Å². The number of likely N-dealkylation sites (N-methyl/N-ethyl adjacent to an activating group) is 1. The third kappa shape index (κ3) is 4.84. The van der Waals surface area contributed by atoms with Crippen LogP contribution in [0.5, 0.6) is 0 Å². The number of nitrogens with zero attached hydrogens (tertiary/aromatic N) is 1. The molecule has 108 valence electrons. The molecule has 0 aromatic heterocycles. The summed E-state index contributed by atoms with van der Waals surface area (Å²) in [6.07, 6.45) is 1.88. The van der Waals surface area contributed by atoms with Crippen LogP contribution in [-0.4, -0.2) is 29.6 Å². The third-order valence-corrected chi connectivity index (χ3v) is 3.90. The quantitative estimate of drug-likeness (QED) is 0.709. The standard InChI is InChI=1S/C16H28N2O/c1-4-13(5-2)11-18(6-3)12-16(19)14-9-7-8-10-15(14)17/h7-10,13,16,19H,4-6,11-12,17H2,1-3H3. The summed E-state index contributed by atoms with van der Waals surface area (Å²) in [5, 5.41) is 10.3. The molecule has 1 atom stereocenters. The minimum Gasteiger partial charge on any atom is -0.398 e. The van der Waals surface area contributed by atoms with E-state index in [4.69, 9.17) is 5.73 Å². The van der Waals surface area contributed by atoms with Crippen molar-refractivity contribution in [2.45, 2.75) is 39.7 Å². The molecule has 19 heavy (non-hydrogen) atoms. The highest BCUT2D eigenvalue weighted by Gasteiger charge is 2.16. The Morgan fingerprint density at radius 2 is 1.74 bits per heavy atom. The number of aliphatic hydroxyl groups is 1. The van der Waals surface area contributed by atoms with E-state index in [0.29, 0.717) is 18.2 Å². The Morgan fingerprint density at radius 1 is 1.11 bits per heavy atom. The number of rotatable bonds is 8. The van der Waals surface area contributed by atoms with E-state index in [1.54, 1.807) is 0 Å². The second-order valence-electron chi connectivity index (χ2n) is 5.18. The molecule has 0 aliphatic rings. The van der Waals surface area contributed by atoms with Gasteiger partial charge in [0.2, 0.25) is 0 Å². The predicted molar refractivity (Wildman–Crippen MR) is 82.0 cm³/mol. The molecule has 0 aliphatic carbocycles. The minimum absolute atomic E-state index is 0.504. The molecule has 1 unspecified atom stereocenters. The summed E-state index contributed by atoms with van der Waals surface area (Å²) in [6.45, 7) is 9.26. The molecule has 0 aliphatic heterocycles. The zero-order valence-electron chi connectivity index (χ0n) is 12.5. The summed E-state index contributed by atoms with van der Waals surface area (Å²) < 4.78 is 0. The molecule has 1 aromatic rings. The average Bonchev–Trinajstić information content (AvgIpc) is 2.43.